The van der Waals surface area contributed by atoms with Crippen LogP contribution in [0.4, 0.5) is 0 Å². The molecule has 1 aliphatic carbocycles. The van der Waals surface area contributed by atoms with E-state index in [4.69, 9.17) is 5.11 Å². The molecule has 0 bridgehead atoms. The number of thioether (sulfide) groups is 1. The number of carbonyl (C=O) groups is 3. The number of aliphatic hydroxyl groups excluding tert-OH is 1. The molecule has 0 radical (unpaired) electrons. The molecule has 0 fully saturated rings. The Morgan fingerprint density at radius 1 is 1.00 bits per heavy atom. The van der Waals surface area contributed by atoms with Crippen LogP contribution in [0.1, 0.15) is 53.4 Å². The van der Waals surface area contributed by atoms with Crippen molar-refractivity contribution in [1.29, 1.82) is 0 Å². The van der Waals surface area contributed by atoms with Crippen molar-refractivity contribution in [3.05, 3.63) is 57.7 Å². The van der Waals surface area contributed by atoms with Gasteiger partial charge in [-0.05, 0) is 53.4 Å². The highest BCUT2D eigenvalue weighted by Crippen LogP contribution is 2.21. The lowest BCUT2D eigenvalue weighted by Gasteiger charge is -2.12. The molecule has 1 rings (SSSR count). The number of amides is 1. The third-order valence-electron chi connectivity index (χ3n) is 4.15. The van der Waals surface area contributed by atoms with Gasteiger partial charge in [0.25, 0.3) is 0 Å². The predicted octanol–water partition coefficient (Wildman–Crippen LogP) is 4.17. The molecule has 1 amide bonds. The number of ketones is 2. The molecule has 0 spiro atoms. The highest BCUT2D eigenvalue weighted by Gasteiger charge is 2.21. The second-order valence-electron chi connectivity index (χ2n) is 7.26. The van der Waals surface area contributed by atoms with Gasteiger partial charge in [-0.1, -0.05) is 28.9 Å². The first-order valence-electron chi connectivity index (χ1n) is 9.75. The number of hydrogen-bond donors (Lipinski definition) is 2. The second kappa shape index (κ2) is 13.1. The minimum atomic E-state index is -0.418. The van der Waals surface area contributed by atoms with Gasteiger partial charge in [0.1, 0.15) is 0 Å². The molecule has 1 aliphatic rings. The molecule has 0 unspecified atom stereocenters. The van der Waals surface area contributed by atoms with Crippen molar-refractivity contribution in [1.82, 2.24) is 5.32 Å². The van der Waals surface area contributed by atoms with Crippen molar-refractivity contribution in [3.8, 4) is 0 Å². The topological polar surface area (TPSA) is 83.5 Å². The Labute approximate surface area is 177 Å². The largest absolute Gasteiger partial charge is 0.396 e. The smallest absolute Gasteiger partial charge is 0.248 e. The number of rotatable bonds is 11. The van der Waals surface area contributed by atoms with E-state index in [2.05, 4.69) is 38.2 Å². The SMILES string of the molecule is CC(C)=CCCC(C)=CCCC(C)=CC(=O)NC1=CC(=O)C(SCCO)=CC1=O. The third kappa shape index (κ3) is 10.2. The summed E-state index contributed by atoms with van der Waals surface area (Å²) in [5, 5.41) is 11.3. The fraction of sp³-hybridized carbons (Fsp3) is 0.435. The minimum absolute atomic E-state index is 0.0209. The third-order valence-corrected chi connectivity index (χ3v) is 5.17. The molecule has 0 saturated heterocycles. The fourth-order valence-electron chi connectivity index (χ4n) is 2.61. The van der Waals surface area contributed by atoms with E-state index in [9.17, 15) is 14.4 Å². The van der Waals surface area contributed by atoms with Crippen LogP contribution in [0.25, 0.3) is 0 Å². The van der Waals surface area contributed by atoms with Gasteiger partial charge in [0, 0.05) is 24.0 Å². The Bertz CT molecular complexity index is 781. The molecule has 0 aromatic rings. The summed E-state index contributed by atoms with van der Waals surface area (Å²) in [6.45, 7) is 8.10. The summed E-state index contributed by atoms with van der Waals surface area (Å²) >= 11 is 1.12. The zero-order chi connectivity index (χ0) is 21.8. The van der Waals surface area contributed by atoms with Gasteiger partial charge in [0.2, 0.25) is 11.7 Å². The maximum absolute atomic E-state index is 12.2. The number of carbonyl (C=O) groups excluding carboxylic acids is 3. The van der Waals surface area contributed by atoms with E-state index < -0.39 is 11.7 Å². The average Bonchev–Trinajstić information content (AvgIpc) is 2.62. The van der Waals surface area contributed by atoms with Crippen LogP contribution in [0.15, 0.2) is 57.7 Å². The highest BCUT2D eigenvalue weighted by molar-refractivity contribution is 8.04. The summed E-state index contributed by atoms with van der Waals surface area (Å²) in [4.78, 5) is 36.5. The zero-order valence-electron chi connectivity index (χ0n) is 17.7. The van der Waals surface area contributed by atoms with E-state index in [0.29, 0.717) is 5.75 Å². The molecule has 2 N–H and O–H groups in total. The summed E-state index contributed by atoms with van der Waals surface area (Å²) in [5.41, 5.74) is 3.54. The number of nitrogens with one attached hydrogen (secondary N) is 1. The summed E-state index contributed by atoms with van der Waals surface area (Å²) in [6.07, 6.45) is 11.9. The molecule has 158 valence electrons. The van der Waals surface area contributed by atoms with Gasteiger partial charge in [-0.2, -0.15) is 0 Å². The first-order valence-corrected chi connectivity index (χ1v) is 10.7. The Hall–Kier alpha value is -2.18. The number of allylic oxidation sites excluding steroid dienone is 8. The fourth-order valence-corrected chi connectivity index (χ4v) is 3.31. The van der Waals surface area contributed by atoms with E-state index in [1.165, 1.54) is 23.3 Å². The van der Waals surface area contributed by atoms with Crippen LogP contribution in [0.5, 0.6) is 0 Å². The lowest BCUT2D eigenvalue weighted by Crippen LogP contribution is -2.28. The van der Waals surface area contributed by atoms with Crippen molar-refractivity contribution in [2.75, 3.05) is 12.4 Å². The van der Waals surface area contributed by atoms with Crippen LogP contribution in [-0.2, 0) is 14.4 Å². The molecular weight excluding hydrogens is 386 g/mol. The second-order valence-corrected chi connectivity index (χ2v) is 8.39. The molecule has 0 aliphatic heterocycles. The van der Waals surface area contributed by atoms with E-state index >= 15 is 0 Å². The van der Waals surface area contributed by atoms with Crippen molar-refractivity contribution >= 4 is 29.2 Å². The maximum Gasteiger partial charge on any atom is 0.248 e. The molecular formula is C23H31NO4S. The minimum Gasteiger partial charge on any atom is -0.396 e. The first-order chi connectivity index (χ1) is 13.7. The molecule has 0 saturated carbocycles. The van der Waals surface area contributed by atoms with Crippen LogP contribution >= 0.6 is 11.8 Å². The van der Waals surface area contributed by atoms with Crippen LogP contribution in [0.2, 0.25) is 0 Å². The Kier molecular flexibility index (Phi) is 11.2. The standard InChI is InChI=1S/C23H31NO4S/c1-16(2)7-5-8-17(3)9-6-10-18(4)13-23(28)24-19-14-21(27)22(15-20(19)26)29-12-11-25/h7,9,13-15,25H,5-6,8,10-12H2,1-4H3,(H,24,28). The summed E-state index contributed by atoms with van der Waals surface area (Å²) < 4.78 is 0. The Morgan fingerprint density at radius 3 is 2.31 bits per heavy atom. The van der Waals surface area contributed by atoms with Crippen molar-refractivity contribution in [2.45, 2.75) is 53.4 Å². The van der Waals surface area contributed by atoms with E-state index in [1.807, 2.05) is 6.92 Å². The van der Waals surface area contributed by atoms with Crippen molar-refractivity contribution in [2.24, 2.45) is 0 Å². The number of aliphatic hydroxyl groups is 1. The number of hydrogen-bond acceptors (Lipinski definition) is 5. The van der Waals surface area contributed by atoms with Gasteiger partial charge >= 0.3 is 0 Å². The molecule has 0 aromatic carbocycles. The van der Waals surface area contributed by atoms with Gasteiger partial charge in [-0.3, -0.25) is 14.4 Å². The average molecular weight is 418 g/mol. The Balaban J connectivity index is 2.52. The van der Waals surface area contributed by atoms with Crippen LogP contribution < -0.4 is 5.32 Å². The predicted molar refractivity (Wildman–Crippen MR) is 119 cm³/mol. The van der Waals surface area contributed by atoms with Gasteiger partial charge in [0.05, 0.1) is 17.2 Å². The molecule has 0 heterocycles. The molecule has 0 aromatic heterocycles. The monoisotopic (exact) mass is 417 g/mol. The van der Waals surface area contributed by atoms with E-state index in [-0.39, 0.29) is 23.0 Å². The van der Waals surface area contributed by atoms with Crippen LogP contribution in [-0.4, -0.2) is 34.9 Å². The molecule has 5 nitrogen and oxygen atoms in total. The highest BCUT2D eigenvalue weighted by atomic mass is 32.2. The lowest BCUT2D eigenvalue weighted by atomic mass is 10.1. The molecule has 29 heavy (non-hydrogen) atoms. The normalized spacial score (nSPS) is 15.1. The molecule has 0 atom stereocenters. The van der Waals surface area contributed by atoms with Crippen molar-refractivity contribution in [3.63, 3.8) is 0 Å². The first kappa shape index (κ1) is 24.9. The Morgan fingerprint density at radius 2 is 1.66 bits per heavy atom. The summed E-state index contributed by atoms with van der Waals surface area (Å²) in [7, 11) is 0. The van der Waals surface area contributed by atoms with Crippen LogP contribution in [0, 0.1) is 0 Å². The summed E-state index contributed by atoms with van der Waals surface area (Å²) in [5.74, 6) is -0.836. The quantitative estimate of drug-likeness (QED) is 0.299. The van der Waals surface area contributed by atoms with Crippen molar-refractivity contribution < 1.29 is 19.5 Å². The van der Waals surface area contributed by atoms with Gasteiger partial charge in [-0.15, -0.1) is 11.8 Å². The van der Waals surface area contributed by atoms with E-state index in [1.54, 1.807) is 0 Å². The maximum atomic E-state index is 12.2. The zero-order valence-corrected chi connectivity index (χ0v) is 18.5. The summed E-state index contributed by atoms with van der Waals surface area (Å²) in [6, 6.07) is 0. The van der Waals surface area contributed by atoms with Gasteiger partial charge < -0.3 is 10.4 Å². The van der Waals surface area contributed by atoms with Crippen LogP contribution in [0.3, 0.4) is 0 Å². The lowest BCUT2D eigenvalue weighted by molar-refractivity contribution is -0.119. The van der Waals surface area contributed by atoms with Gasteiger partial charge in [0.15, 0.2) is 5.78 Å². The van der Waals surface area contributed by atoms with E-state index in [0.717, 1.165) is 49.1 Å². The van der Waals surface area contributed by atoms with Gasteiger partial charge in [-0.25, -0.2) is 0 Å². The molecule has 6 heteroatoms.